The summed E-state index contributed by atoms with van der Waals surface area (Å²) < 4.78 is 8.77. The second kappa shape index (κ2) is 22.7. The van der Waals surface area contributed by atoms with Gasteiger partial charge in [-0.25, -0.2) is 4.79 Å². The second-order valence-electron chi connectivity index (χ2n) is 7.21. The topological polar surface area (TPSA) is 151 Å². The van der Waals surface area contributed by atoms with Crippen LogP contribution in [0.15, 0.2) is 12.2 Å². The third-order valence-corrected chi connectivity index (χ3v) is 4.32. The van der Waals surface area contributed by atoms with Crippen LogP contribution >= 0.6 is 7.82 Å². The highest BCUT2D eigenvalue weighted by atomic mass is 31.2. The number of amides is 1. The minimum Gasteiger partial charge on any atom is -0.756 e. The Bertz CT molecular complexity index is 405. The first-order valence-corrected chi connectivity index (χ1v) is 12.3. The Labute approximate surface area is 171 Å². The molecule has 0 aromatic rings. The summed E-state index contributed by atoms with van der Waals surface area (Å²) in [6.45, 7) is 0.851. The summed E-state index contributed by atoms with van der Waals surface area (Å²) in [7, 11) is -4.89. The van der Waals surface area contributed by atoms with E-state index in [9.17, 15) is 4.79 Å². The number of rotatable bonds is 18. The molecule has 0 saturated carbocycles. The third kappa shape index (κ3) is 40.2. The van der Waals surface area contributed by atoms with Crippen LogP contribution in [0.1, 0.15) is 103 Å². The number of phosphoric acid groups is 1. The van der Waals surface area contributed by atoms with E-state index in [1.807, 2.05) is 0 Å². The maximum Gasteiger partial charge on any atom is 0.308 e. The summed E-state index contributed by atoms with van der Waals surface area (Å²) >= 11 is 0. The van der Waals surface area contributed by atoms with Crippen LogP contribution in [0.4, 0.5) is 0 Å². The Morgan fingerprint density at radius 2 is 1.11 bits per heavy atom. The van der Waals surface area contributed by atoms with Crippen molar-refractivity contribution in [2.24, 2.45) is 5.73 Å². The maximum atomic E-state index is 10.7. The zero-order valence-electron chi connectivity index (χ0n) is 17.5. The lowest BCUT2D eigenvalue weighted by Gasteiger charge is -2.01. The molecule has 1 amide bonds. The molecule has 0 heterocycles. The van der Waals surface area contributed by atoms with Crippen LogP contribution in [0.25, 0.3) is 0 Å². The van der Waals surface area contributed by atoms with E-state index in [2.05, 4.69) is 17.9 Å². The monoisotopic (exact) mass is 422 g/mol. The van der Waals surface area contributed by atoms with Crippen LogP contribution in [-0.2, 0) is 9.36 Å². The molecule has 0 unspecified atom stereocenters. The molecular weight excluding hydrogens is 379 g/mol. The maximum absolute atomic E-state index is 10.7. The lowest BCUT2D eigenvalue weighted by molar-refractivity contribution is -0.305. The molecule has 8 heteroatoms. The number of hydrogen-bond acceptors (Lipinski definition) is 4. The molecule has 0 atom stereocenters. The van der Waals surface area contributed by atoms with Crippen LogP contribution in [0.2, 0.25) is 0 Å². The highest BCUT2D eigenvalue weighted by molar-refractivity contribution is 7.43. The minimum absolute atomic E-state index is 0.0829. The Morgan fingerprint density at radius 3 is 1.46 bits per heavy atom. The molecule has 0 rings (SSSR count). The summed E-state index contributed by atoms with van der Waals surface area (Å²) in [5.41, 5.74) is 8.89. The fourth-order valence-corrected chi connectivity index (χ4v) is 2.82. The predicted molar refractivity (Wildman–Crippen MR) is 112 cm³/mol. The summed E-state index contributed by atoms with van der Waals surface area (Å²) in [5.74, 6) is 0.0829. The van der Waals surface area contributed by atoms with Crippen molar-refractivity contribution in [3.63, 3.8) is 0 Å². The van der Waals surface area contributed by atoms with Crippen molar-refractivity contribution in [3.05, 3.63) is 12.2 Å². The molecule has 0 spiro atoms. The lowest BCUT2D eigenvalue weighted by atomic mass is 10.1. The van der Waals surface area contributed by atoms with E-state index in [1.165, 1.54) is 89.9 Å². The summed E-state index contributed by atoms with van der Waals surface area (Å²) in [4.78, 5) is 33.6. The van der Waals surface area contributed by atoms with E-state index in [0.717, 1.165) is 13.0 Å². The van der Waals surface area contributed by atoms with Gasteiger partial charge in [0.1, 0.15) is 0 Å². The van der Waals surface area contributed by atoms with E-state index in [4.69, 9.17) is 25.0 Å². The van der Waals surface area contributed by atoms with Gasteiger partial charge in [-0.3, -0.25) is 10.3 Å². The van der Waals surface area contributed by atoms with Gasteiger partial charge in [0.15, 0.2) is 0 Å². The van der Waals surface area contributed by atoms with E-state index in [1.54, 1.807) is 0 Å². The summed E-state index contributed by atoms with van der Waals surface area (Å²) in [5, 5.41) is 0. The largest absolute Gasteiger partial charge is 0.756 e. The van der Waals surface area contributed by atoms with Gasteiger partial charge < -0.3 is 20.4 Å². The van der Waals surface area contributed by atoms with Crippen LogP contribution in [0.3, 0.4) is 0 Å². The highest BCUT2D eigenvalue weighted by Gasteiger charge is 1.97. The van der Waals surface area contributed by atoms with Gasteiger partial charge in [-0.05, 0) is 45.1 Å². The van der Waals surface area contributed by atoms with Gasteiger partial charge in [0.2, 0.25) is 0 Å². The first kappa shape index (κ1) is 29.6. The van der Waals surface area contributed by atoms with Crippen molar-refractivity contribution >= 4 is 13.7 Å². The van der Waals surface area contributed by atoms with Crippen molar-refractivity contribution in [2.75, 3.05) is 6.54 Å². The Balaban J connectivity index is 0. The number of unbranched alkanes of at least 4 members (excludes halogenated alkanes) is 13. The molecule has 0 radical (unpaired) electrons. The van der Waals surface area contributed by atoms with Crippen molar-refractivity contribution in [1.29, 1.82) is 0 Å². The molecular formula is C20H43N2O5P. The van der Waals surface area contributed by atoms with Crippen LogP contribution in [-0.4, -0.2) is 22.2 Å². The number of quaternary nitrogens is 1. The zero-order valence-corrected chi connectivity index (χ0v) is 18.4. The molecule has 0 fully saturated rings. The first-order valence-electron chi connectivity index (χ1n) is 10.7. The fourth-order valence-electron chi connectivity index (χ4n) is 2.82. The van der Waals surface area contributed by atoms with Crippen LogP contribution in [0, 0.1) is 0 Å². The highest BCUT2D eigenvalue weighted by Crippen LogP contribution is 2.19. The van der Waals surface area contributed by atoms with Crippen LogP contribution < -0.4 is 16.4 Å². The van der Waals surface area contributed by atoms with Crippen molar-refractivity contribution < 1.29 is 29.8 Å². The number of nitrogens with two attached hydrogens (primary N) is 1. The van der Waals surface area contributed by atoms with Gasteiger partial charge in [-0.2, -0.15) is 0 Å². The van der Waals surface area contributed by atoms with Gasteiger partial charge in [-0.1, -0.05) is 69.9 Å². The number of hydrogen-bond donors (Lipinski definition) is 4. The Hall–Kier alpha value is -0.560. The predicted octanol–water partition coefficient (Wildman–Crippen LogP) is 2.95. The lowest BCUT2D eigenvalue weighted by Crippen LogP contribution is -2.56. The van der Waals surface area contributed by atoms with E-state index < -0.39 is 7.82 Å². The molecule has 0 saturated heterocycles. The molecule has 0 aromatic heterocycles. The quantitative estimate of drug-likeness (QED) is 0.151. The van der Waals surface area contributed by atoms with Crippen molar-refractivity contribution in [3.8, 4) is 0 Å². The van der Waals surface area contributed by atoms with Crippen LogP contribution in [0.5, 0.6) is 0 Å². The van der Waals surface area contributed by atoms with Gasteiger partial charge >= 0.3 is 5.91 Å². The molecule has 0 bridgehead atoms. The molecule has 7 nitrogen and oxygen atoms in total. The second-order valence-corrected chi connectivity index (χ2v) is 8.19. The molecule has 7 N–H and O–H groups in total. The number of allylic oxidation sites excluding steroid dienone is 2. The van der Waals surface area contributed by atoms with Gasteiger partial charge in [0.05, 0.1) is 6.42 Å². The fraction of sp³-hybridized carbons (Fsp3) is 0.850. The Kier molecular flexibility index (Phi) is 24.1. The molecule has 0 aromatic carbocycles. The summed E-state index contributed by atoms with van der Waals surface area (Å²) in [6.07, 6.45) is 24.7. The number of carbonyl (C=O) groups excluding carboxylic acids is 1. The van der Waals surface area contributed by atoms with Crippen molar-refractivity contribution in [1.82, 2.24) is 0 Å². The number of carbonyl (C=O) groups is 1. The Morgan fingerprint density at radius 1 is 0.786 bits per heavy atom. The standard InChI is InChI=1S/C20H40N2O.H3O4P/c21-19-17-15-13-11-9-7-5-3-1-2-4-6-8-10-12-14-16-18-20(22)23;1-5(2,3)4/h2,4H,1,3,5-19,21H2,(H2,22,23);(H3,1,2,3,4). The van der Waals surface area contributed by atoms with E-state index in [-0.39, 0.29) is 5.91 Å². The van der Waals surface area contributed by atoms with Crippen molar-refractivity contribution in [2.45, 2.75) is 103 Å². The average Bonchev–Trinajstić information content (AvgIpc) is 2.59. The van der Waals surface area contributed by atoms with Gasteiger partial charge in [0.25, 0.3) is 7.82 Å². The smallest absolute Gasteiger partial charge is 0.308 e. The third-order valence-electron chi connectivity index (χ3n) is 4.32. The van der Waals surface area contributed by atoms with Gasteiger partial charge in [0, 0.05) is 0 Å². The molecule has 168 valence electrons. The minimum atomic E-state index is -4.89. The van der Waals surface area contributed by atoms with Gasteiger partial charge in [-0.15, -0.1) is 0 Å². The van der Waals surface area contributed by atoms with E-state index in [0.29, 0.717) is 6.42 Å². The normalized spacial score (nSPS) is 11.5. The SMILES string of the molecule is NCCCCCCCCCCC=CCCCCCCCC([NH3+])=O.O=P([O-])(O)O. The summed E-state index contributed by atoms with van der Waals surface area (Å²) in [6, 6.07) is 0. The zero-order chi connectivity index (χ0) is 21.5. The van der Waals surface area contributed by atoms with E-state index >= 15 is 0 Å². The molecule has 0 aliphatic rings. The molecule has 0 aliphatic carbocycles. The molecule has 28 heavy (non-hydrogen) atoms. The molecule has 0 aliphatic heterocycles. The average molecular weight is 423 g/mol. The first-order chi connectivity index (χ1) is 13.3.